The highest BCUT2D eigenvalue weighted by Gasteiger charge is 2.26. The smallest absolute Gasteiger partial charge is 0.339 e. The first-order valence-corrected chi connectivity index (χ1v) is 5.94. The fraction of sp³-hybridized carbons (Fsp3) is 0.583. The van der Waals surface area contributed by atoms with Gasteiger partial charge in [0.2, 0.25) is 0 Å². The molecule has 0 saturated carbocycles. The minimum atomic E-state index is -0.979. The van der Waals surface area contributed by atoms with E-state index >= 15 is 0 Å². The first kappa shape index (κ1) is 12.9. The average molecular weight is 250 g/mol. The summed E-state index contributed by atoms with van der Waals surface area (Å²) in [6.45, 7) is 4.56. The molecule has 2 rings (SSSR count). The van der Waals surface area contributed by atoms with Crippen LogP contribution in [0.3, 0.4) is 0 Å². The van der Waals surface area contributed by atoms with Crippen molar-refractivity contribution >= 4 is 5.97 Å². The lowest BCUT2D eigenvalue weighted by molar-refractivity contribution is 0.0694. The lowest BCUT2D eigenvalue weighted by atomic mass is 10.1. The zero-order valence-corrected chi connectivity index (χ0v) is 10.9. The Morgan fingerprint density at radius 1 is 1.44 bits per heavy atom. The Balaban J connectivity index is 2.28. The van der Waals surface area contributed by atoms with Gasteiger partial charge < -0.3 is 10.0 Å². The Morgan fingerprint density at radius 3 is 2.78 bits per heavy atom. The van der Waals surface area contributed by atoms with Crippen LogP contribution in [0.5, 0.6) is 0 Å². The van der Waals surface area contributed by atoms with E-state index in [-0.39, 0.29) is 11.6 Å². The second-order valence-electron chi connectivity index (χ2n) is 4.79. The monoisotopic (exact) mass is 250 g/mol. The molecule has 2 heterocycles. The Kier molecular flexibility index (Phi) is 3.58. The molecule has 1 aromatic heterocycles. The summed E-state index contributed by atoms with van der Waals surface area (Å²) >= 11 is 0. The molecule has 1 fully saturated rings. The molecule has 0 radical (unpaired) electrons. The molecule has 0 amide bonds. The average Bonchev–Trinajstić information content (AvgIpc) is 2.31. The van der Waals surface area contributed by atoms with Crippen molar-refractivity contribution in [2.24, 2.45) is 0 Å². The molecule has 0 spiro atoms. The number of piperazine rings is 1. The van der Waals surface area contributed by atoms with Crippen LogP contribution in [0.25, 0.3) is 0 Å². The predicted octanol–water partition coefficient (Wildman–Crippen LogP) is 0.402. The number of carbonyl (C=O) groups is 1. The number of aromatic nitrogens is 2. The Hall–Kier alpha value is -1.53. The molecule has 6 heteroatoms. The molecule has 6 nitrogen and oxygen atoms in total. The second kappa shape index (κ2) is 4.99. The van der Waals surface area contributed by atoms with Gasteiger partial charge in [-0.1, -0.05) is 0 Å². The van der Waals surface area contributed by atoms with Crippen molar-refractivity contribution in [2.75, 3.05) is 33.7 Å². The zero-order valence-electron chi connectivity index (χ0n) is 10.9. The van der Waals surface area contributed by atoms with Gasteiger partial charge in [-0.05, 0) is 21.0 Å². The van der Waals surface area contributed by atoms with E-state index in [1.165, 1.54) is 6.20 Å². The molecule has 0 aliphatic carbocycles. The molecule has 0 aromatic carbocycles. The Labute approximate surface area is 106 Å². The van der Waals surface area contributed by atoms with Gasteiger partial charge in [-0.3, -0.25) is 4.90 Å². The molecule has 1 atom stereocenters. The number of nitrogens with zero attached hydrogens (tertiary/aromatic N) is 4. The second-order valence-corrected chi connectivity index (χ2v) is 4.79. The number of rotatable bonds is 2. The van der Waals surface area contributed by atoms with E-state index in [2.05, 4.69) is 26.8 Å². The van der Waals surface area contributed by atoms with Crippen LogP contribution < -0.4 is 0 Å². The summed E-state index contributed by atoms with van der Waals surface area (Å²) in [6.07, 6.45) is 1.41. The number of hydrogen-bond donors (Lipinski definition) is 1. The van der Waals surface area contributed by atoms with Crippen LogP contribution in [0.15, 0.2) is 6.20 Å². The van der Waals surface area contributed by atoms with E-state index in [0.29, 0.717) is 11.5 Å². The molecule has 1 aromatic rings. The van der Waals surface area contributed by atoms with Gasteiger partial charge in [0.05, 0.1) is 17.3 Å². The van der Waals surface area contributed by atoms with Crippen molar-refractivity contribution in [1.29, 1.82) is 0 Å². The first-order valence-electron chi connectivity index (χ1n) is 5.94. The van der Waals surface area contributed by atoms with Crippen molar-refractivity contribution in [3.63, 3.8) is 0 Å². The zero-order chi connectivity index (χ0) is 13.3. The van der Waals surface area contributed by atoms with Gasteiger partial charge in [-0.2, -0.15) is 0 Å². The molecule has 1 N–H and O–H groups in total. The summed E-state index contributed by atoms with van der Waals surface area (Å²) in [5.41, 5.74) is 0.694. The minimum absolute atomic E-state index is 0.130. The number of aryl methyl sites for hydroxylation is 1. The van der Waals surface area contributed by atoms with Gasteiger partial charge >= 0.3 is 5.97 Å². The normalized spacial score (nSPS) is 22.1. The summed E-state index contributed by atoms with van der Waals surface area (Å²) in [5, 5.41) is 8.96. The fourth-order valence-electron chi connectivity index (χ4n) is 2.14. The van der Waals surface area contributed by atoms with Crippen LogP contribution >= 0.6 is 0 Å². The van der Waals surface area contributed by atoms with Crippen LogP contribution in [-0.4, -0.2) is 64.6 Å². The van der Waals surface area contributed by atoms with E-state index in [9.17, 15) is 4.79 Å². The third-order valence-corrected chi connectivity index (χ3v) is 3.38. The van der Waals surface area contributed by atoms with E-state index in [0.717, 1.165) is 19.6 Å². The van der Waals surface area contributed by atoms with Gasteiger partial charge in [-0.15, -0.1) is 0 Å². The van der Waals surface area contributed by atoms with Crippen molar-refractivity contribution in [2.45, 2.75) is 13.0 Å². The largest absolute Gasteiger partial charge is 0.478 e. The van der Waals surface area contributed by atoms with Crippen LogP contribution in [0.2, 0.25) is 0 Å². The molecule has 1 unspecified atom stereocenters. The summed E-state index contributed by atoms with van der Waals surface area (Å²) in [4.78, 5) is 23.9. The molecule has 18 heavy (non-hydrogen) atoms. The molecule has 98 valence electrons. The summed E-state index contributed by atoms with van der Waals surface area (Å²) in [5.74, 6) is -0.278. The van der Waals surface area contributed by atoms with Gasteiger partial charge in [0.15, 0.2) is 0 Å². The molecular weight excluding hydrogens is 232 g/mol. The van der Waals surface area contributed by atoms with Crippen molar-refractivity contribution in [1.82, 2.24) is 19.8 Å². The lowest BCUT2D eigenvalue weighted by Crippen LogP contribution is -2.45. The molecule has 0 bridgehead atoms. The van der Waals surface area contributed by atoms with Crippen molar-refractivity contribution in [3.05, 3.63) is 23.3 Å². The molecular formula is C12H18N4O2. The van der Waals surface area contributed by atoms with Crippen molar-refractivity contribution < 1.29 is 9.90 Å². The molecule has 1 aliphatic heterocycles. The predicted molar refractivity (Wildman–Crippen MR) is 66.6 cm³/mol. The number of aromatic carboxylic acids is 1. The maximum atomic E-state index is 10.9. The summed E-state index contributed by atoms with van der Waals surface area (Å²) in [7, 11) is 4.11. The van der Waals surface area contributed by atoms with Gasteiger partial charge in [0.1, 0.15) is 5.82 Å². The molecule has 1 saturated heterocycles. The number of carboxylic acid groups (broad SMARTS) is 1. The van der Waals surface area contributed by atoms with E-state index < -0.39 is 5.97 Å². The third kappa shape index (κ3) is 2.49. The lowest BCUT2D eigenvalue weighted by Gasteiger charge is -2.36. The topological polar surface area (TPSA) is 69.6 Å². The standard InChI is InChI=1S/C12H18N4O2/c1-8-9(12(17)18)6-13-11(14-8)10-7-15(2)4-5-16(10)3/h6,10H,4-5,7H2,1-3H3,(H,17,18). The van der Waals surface area contributed by atoms with Crippen LogP contribution in [0.1, 0.15) is 27.9 Å². The summed E-state index contributed by atoms with van der Waals surface area (Å²) < 4.78 is 0. The highest BCUT2D eigenvalue weighted by atomic mass is 16.4. The Morgan fingerprint density at radius 2 is 2.17 bits per heavy atom. The first-order chi connectivity index (χ1) is 8.49. The third-order valence-electron chi connectivity index (χ3n) is 3.38. The minimum Gasteiger partial charge on any atom is -0.478 e. The quantitative estimate of drug-likeness (QED) is 0.819. The maximum Gasteiger partial charge on any atom is 0.339 e. The van der Waals surface area contributed by atoms with Crippen molar-refractivity contribution in [3.8, 4) is 0 Å². The van der Waals surface area contributed by atoms with Crippen LogP contribution in [-0.2, 0) is 0 Å². The number of likely N-dealkylation sites (N-methyl/N-ethyl adjacent to an activating group) is 2. The molecule has 1 aliphatic rings. The highest BCUT2D eigenvalue weighted by Crippen LogP contribution is 2.20. The number of carboxylic acids is 1. The van der Waals surface area contributed by atoms with Gasteiger partial charge in [0.25, 0.3) is 0 Å². The van der Waals surface area contributed by atoms with Gasteiger partial charge in [-0.25, -0.2) is 14.8 Å². The van der Waals surface area contributed by atoms with Gasteiger partial charge in [0, 0.05) is 25.8 Å². The summed E-state index contributed by atoms with van der Waals surface area (Å²) in [6, 6.07) is 0.130. The maximum absolute atomic E-state index is 10.9. The van der Waals surface area contributed by atoms with Crippen LogP contribution in [0, 0.1) is 6.92 Å². The highest BCUT2D eigenvalue weighted by molar-refractivity contribution is 5.88. The van der Waals surface area contributed by atoms with E-state index in [1.54, 1.807) is 6.92 Å². The fourth-order valence-corrected chi connectivity index (χ4v) is 2.14. The number of hydrogen-bond acceptors (Lipinski definition) is 5. The van der Waals surface area contributed by atoms with E-state index in [4.69, 9.17) is 5.11 Å². The van der Waals surface area contributed by atoms with Crippen LogP contribution in [0.4, 0.5) is 0 Å². The SMILES string of the molecule is Cc1nc(C2CN(C)CCN2C)ncc1C(=O)O. The van der Waals surface area contributed by atoms with E-state index in [1.807, 2.05) is 7.05 Å². The Bertz CT molecular complexity index is 463.